The Kier molecular flexibility index (Phi) is 3.55. The summed E-state index contributed by atoms with van der Waals surface area (Å²) in [7, 11) is 1.66. The molecule has 0 aliphatic heterocycles. The largest absolute Gasteiger partial charge is 0.496 e. The molecular weight excluding hydrogens is 216 g/mol. The minimum Gasteiger partial charge on any atom is -0.496 e. The average molecular weight is 230 g/mol. The molecule has 0 saturated heterocycles. The number of aldehydes is 1. The quantitative estimate of drug-likeness (QED) is 0.799. The summed E-state index contributed by atoms with van der Waals surface area (Å²) in [5.74, 6) is 0.875. The monoisotopic (exact) mass is 230 g/mol. The number of methoxy groups -OCH3 is 1. The second-order valence-electron chi connectivity index (χ2n) is 3.73. The second-order valence-corrected chi connectivity index (χ2v) is 3.73. The smallest absolute Gasteiger partial charge is 0.153 e. The van der Waals surface area contributed by atoms with Crippen molar-refractivity contribution in [3.8, 4) is 5.75 Å². The third-order valence-corrected chi connectivity index (χ3v) is 2.72. The molecule has 1 N–H and O–H groups in total. The normalized spacial score (nSPS) is 10.2. The SMILES string of the molecule is COc1ccccc1CCc1[nH]ncc1C=O. The molecule has 0 atom stereocenters. The van der Waals surface area contributed by atoms with Gasteiger partial charge in [-0.25, -0.2) is 0 Å². The zero-order valence-corrected chi connectivity index (χ0v) is 9.64. The van der Waals surface area contributed by atoms with Gasteiger partial charge in [0.05, 0.1) is 18.9 Å². The molecular formula is C13H14N2O2. The molecule has 0 unspecified atom stereocenters. The number of para-hydroxylation sites is 1. The molecule has 0 fully saturated rings. The molecule has 0 spiro atoms. The van der Waals surface area contributed by atoms with E-state index >= 15 is 0 Å². The van der Waals surface area contributed by atoms with E-state index in [1.807, 2.05) is 24.3 Å². The summed E-state index contributed by atoms with van der Waals surface area (Å²) in [5.41, 5.74) is 2.62. The van der Waals surface area contributed by atoms with Crippen molar-refractivity contribution in [2.24, 2.45) is 0 Å². The minimum absolute atomic E-state index is 0.625. The van der Waals surface area contributed by atoms with Crippen LogP contribution in [-0.4, -0.2) is 23.6 Å². The minimum atomic E-state index is 0.625. The Labute approximate surface area is 99.6 Å². The molecule has 0 saturated carbocycles. The third-order valence-electron chi connectivity index (χ3n) is 2.72. The fourth-order valence-corrected chi connectivity index (χ4v) is 1.79. The zero-order valence-electron chi connectivity index (χ0n) is 9.64. The number of hydrogen-bond acceptors (Lipinski definition) is 3. The Morgan fingerprint density at radius 1 is 1.35 bits per heavy atom. The van der Waals surface area contributed by atoms with E-state index < -0.39 is 0 Å². The molecule has 4 heteroatoms. The van der Waals surface area contributed by atoms with Crippen molar-refractivity contribution in [2.45, 2.75) is 12.8 Å². The van der Waals surface area contributed by atoms with Crippen molar-refractivity contribution < 1.29 is 9.53 Å². The molecule has 2 aromatic rings. The van der Waals surface area contributed by atoms with Gasteiger partial charge >= 0.3 is 0 Å². The Balaban J connectivity index is 2.09. The van der Waals surface area contributed by atoms with Gasteiger partial charge in [0.1, 0.15) is 5.75 Å². The molecule has 1 aromatic carbocycles. The summed E-state index contributed by atoms with van der Waals surface area (Å²) in [6.07, 6.45) is 3.92. The van der Waals surface area contributed by atoms with Crippen molar-refractivity contribution in [1.29, 1.82) is 0 Å². The maximum atomic E-state index is 10.7. The van der Waals surface area contributed by atoms with Crippen molar-refractivity contribution in [3.63, 3.8) is 0 Å². The number of rotatable bonds is 5. The Hall–Kier alpha value is -2.10. The highest BCUT2D eigenvalue weighted by Crippen LogP contribution is 2.19. The molecule has 4 nitrogen and oxygen atoms in total. The van der Waals surface area contributed by atoms with Crippen LogP contribution in [0.2, 0.25) is 0 Å². The van der Waals surface area contributed by atoms with E-state index in [0.717, 1.165) is 36.1 Å². The standard InChI is InChI=1S/C13H14N2O2/c1-17-13-5-3-2-4-10(13)6-7-12-11(9-16)8-14-15-12/h2-5,8-9H,6-7H2,1H3,(H,14,15). The van der Waals surface area contributed by atoms with Crippen molar-refractivity contribution >= 4 is 6.29 Å². The highest BCUT2D eigenvalue weighted by atomic mass is 16.5. The summed E-state index contributed by atoms with van der Waals surface area (Å²) in [6, 6.07) is 7.87. The van der Waals surface area contributed by atoms with Gasteiger partial charge in [0.2, 0.25) is 0 Å². The van der Waals surface area contributed by atoms with Crippen LogP contribution >= 0.6 is 0 Å². The molecule has 0 aliphatic carbocycles. The number of carbonyl (C=O) groups is 1. The average Bonchev–Trinajstić information content (AvgIpc) is 2.84. The lowest BCUT2D eigenvalue weighted by atomic mass is 10.1. The number of nitrogens with zero attached hydrogens (tertiary/aromatic N) is 1. The number of carbonyl (C=O) groups excluding carboxylic acids is 1. The van der Waals surface area contributed by atoms with Crippen LogP contribution in [0.3, 0.4) is 0 Å². The number of ether oxygens (including phenoxy) is 1. The number of hydrogen-bond donors (Lipinski definition) is 1. The maximum Gasteiger partial charge on any atom is 0.153 e. The molecule has 1 aromatic heterocycles. The van der Waals surface area contributed by atoms with Gasteiger partial charge in [-0.15, -0.1) is 0 Å². The summed E-state index contributed by atoms with van der Waals surface area (Å²) in [4.78, 5) is 10.7. The van der Waals surface area contributed by atoms with Gasteiger partial charge in [0.15, 0.2) is 6.29 Å². The van der Waals surface area contributed by atoms with Crippen LogP contribution in [0.5, 0.6) is 5.75 Å². The summed E-state index contributed by atoms with van der Waals surface area (Å²) < 4.78 is 5.28. The Bertz CT molecular complexity index is 506. The predicted molar refractivity (Wildman–Crippen MR) is 64.4 cm³/mol. The first-order chi connectivity index (χ1) is 8.35. The van der Waals surface area contributed by atoms with E-state index in [-0.39, 0.29) is 0 Å². The summed E-state index contributed by atoms with van der Waals surface area (Å²) in [5, 5.41) is 6.70. The van der Waals surface area contributed by atoms with Crippen LogP contribution in [0, 0.1) is 0 Å². The number of aromatic amines is 1. The van der Waals surface area contributed by atoms with Crippen LogP contribution < -0.4 is 4.74 Å². The molecule has 0 bridgehead atoms. The highest BCUT2D eigenvalue weighted by molar-refractivity contribution is 5.75. The molecule has 0 aliphatic rings. The van der Waals surface area contributed by atoms with Gasteiger partial charge < -0.3 is 4.74 Å². The lowest BCUT2D eigenvalue weighted by Crippen LogP contribution is -1.97. The van der Waals surface area contributed by atoms with Crippen LogP contribution in [0.1, 0.15) is 21.6 Å². The van der Waals surface area contributed by atoms with Gasteiger partial charge in [-0.05, 0) is 24.5 Å². The van der Waals surface area contributed by atoms with Crippen molar-refractivity contribution in [1.82, 2.24) is 10.2 Å². The fraction of sp³-hybridized carbons (Fsp3) is 0.231. The molecule has 2 rings (SSSR count). The van der Waals surface area contributed by atoms with Gasteiger partial charge in [-0.2, -0.15) is 5.10 Å². The molecule has 88 valence electrons. The first kappa shape index (κ1) is 11.4. The van der Waals surface area contributed by atoms with Crippen LogP contribution in [0.4, 0.5) is 0 Å². The van der Waals surface area contributed by atoms with E-state index in [9.17, 15) is 4.79 Å². The number of aromatic nitrogens is 2. The molecule has 0 amide bonds. The van der Waals surface area contributed by atoms with Gasteiger partial charge in [0.25, 0.3) is 0 Å². The predicted octanol–water partition coefficient (Wildman–Crippen LogP) is 2.02. The van der Waals surface area contributed by atoms with Gasteiger partial charge in [-0.3, -0.25) is 9.89 Å². The number of aryl methyl sites for hydroxylation is 2. The Morgan fingerprint density at radius 3 is 2.94 bits per heavy atom. The topological polar surface area (TPSA) is 55.0 Å². The zero-order chi connectivity index (χ0) is 12.1. The first-order valence-electron chi connectivity index (χ1n) is 5.44. The lowest BCUT2D eigenvalue weighted by Gasteiger charge is -2.07. The van der Waals surface area contributed by atoms with E-state index in [1.165, 1.54) is 0 Å². The number of nitrogens with one attached hydrogen (secondary N) is 1. The van der Waals surface area contributed by atoms with E-state index in [1.54, 1.807) is 13.3 Å². The Morgan fingerprint density at radius 2 is 2.18 bits per heavy atom. The fourth-order valence-electron chi connectivity index (χ4n) is 1.79. The molecule has 0 radical (unpaired) electrons. The molecule has 17 heavy (non-hydrogen) atoms. The van der Waals surface area contributed by atoms with E-state index in [0.29, 0.717) is 5.56 Å². The maximum absolute atomic E-state index is 10.7. The number of benzene rings is 1. The van der Waals surface area contributed by atoms with Crippen LogP contribution in [-0.2, 0) is 12.8 Å². The van der Waals surface area contributed by atoms with E-state index in [4.69, 9.17) is 4.74 Å². The van der Waals surface area contributed by atoms with Gasteiger partial charge in [-0.1, -0.05) is 18.2 Å². The third kappa shape index (κ3) is 2.53. The van der Waals surface area contributed by atoms with Crippen molar-refractivity contribution in [2.75, 3.05) is 7.11 Å². The van der Waals surface area contributed by atoms with Crippen LogP contribution in [0.15, 0.2) is 30.5 Å². The number of H-pyrrole nitrogens is 1. The first-order valence-corrected chi connectivity index (χ1v) is 5.44. The highest BCUT2D eigenvalue weighted by Gasteiger charge is 2.06. The summed E-state index contributed by atoms with van der Waals surface area (Å²) in [6.45, 7) is 0. The second kappa shape index (κ2) is 5.30. The van der Waals surface area contributed by atoms with E-state index in [2.05, 4.69) is 10.2 Å². The molecule has 1 heterocycles. The summed E-state index contributed by atoms with van der Waals surface area (Å²) >= 11 is 0. The lowest BCUT2D eigenvalue weighted by molar-refractivity contribution is 0.112. The van der Waals surface area contributed by atoms with Crippen molar-refractivity contribution in [3.05, 3.63) is 47.3 Å². The van der Waals surface area contributed by atoms with Crippen LogP contribution in [0.25, 0.3) is 0 Å². The van der Waals surface area contributed by atoms with Gasteiger partial charge in [0, 0.05) is 5.69 Å².